The third-order valence-electron chi connectivity index (χ3n) is 3.28. The van der Waals surface area contributed by atoms with Gasteiger partial charge in [0.25, 0.3) is 0 Å². The molecule has 1 rings (SSSR count). The largest absolute Gasteiger partial charge is 0.493 e. The fraction of sp³-hybridized carbons (Fsp3) is 0.600. The molecular weight excluding hydrogens is 311 g/mol. The number of ether oxygens (including phenoxy) is 2. The van der Waals surface area contributed by atoms with E-state index >= 15 is 0 Å². The molecule has 4 nitrogen and oxygen atoms in total. The number of methoxy groups -OCH3 is 2. The molecule has 0 radical (unpaired) electrons. The van der Waals surface area contributed by atoms with Gasteiger partial charge in [-0.15, -0.1) is 24.8 Å². The minimum atomic E-state index is 0. The maximum absolute atomic E-state index is 5.30. The third-order valence-corrected chi connectivity index (χ3v) is 3.28. The SMILES string of the molecule is CCN(CC)CCNCc1ccc(OC)c(OC)c1.Cl.Cl. The summed E-state index contributed by atoms with van der Waals surface area (Å²) < 4.78 is 10.5. The molecule has 0 unspecified atom stereocenters. The van der Waals surface area contributed by atoms with Gasteiger partial charge in [0, 0.05) is 19.6 Å². The quantitative estimate of drug-likeness (QED) is 0.702. The maximum atomic E-state index is 5.30. The van der Waals surface area contributed by atoms with Crippen LogP contribution in [0.25, 0.3) is 0 Å². The zero-order chi connectivity index (χ0) is 14.1. The van der Waals surface area contributed by atoms with E-state index in [0.717, 1.165) is 44.2 Å². The molecule has 1 aromatic carbocycles. The van der Waals surface area contributed by atoms with E-state index in [9.17, 15) is 0 Å². The Bertz CT molecular complexity index is 375. The molecule has 0 fully saturated rings. The molecule has 0 amide bonds. The molecule has 0 aromatic heterocycles. The topological polar surface area (TPSA) is 33.7 Å². The third kappa shape index (κ3) is 7.77. The zero-order valence-corrected chi connectivity index (χ0v) is 15.0. The second-order valence-corrected chi connectivity index (χ2v) is 4.39. The normalized spacial score (nSPS) is 9.76. The summed E-state index contributed by atoms with van der Waals surface area (Å²) >= 11 is 0. The molecule has 0 saturated heterocycles. The van der Waals surface area contributed by atoms with E-state index in [1.807, 2.05) is 12.1 Å². The molecule has 0 spiro atoms. The van der Waals surface area contributed by atoms with Gasteiger partial charge in [-0.25, -0.2) is 0 Å². The van der Waals surface area contributed by atoms with Crippen molar-refractivity contribution in [1.82, 2.24) is 10.2 Å². The number of likely N-dealkylation sites (N-methyl/N-ethyl adjacent to an activating group) is 1. The van der Waals surface area contributed by atoms with Crippen LogP contribution in [0.1, 0.15) is 19.4 Å². The van der Waals surface area contributed by atoms with Crippen LogP contribution in [0.2, 0.25) is 0 Å². The minimum Gasteiger partial charge on any atom is -0.493 e. The van der Waals surface area contributed by atoms with Crippen LogP contribution in [0.3, 0.4) is 0 Å². The summed E-state index contributed by atoms with van der Waals surface area (Å²) in [5.74, 6) is 1.56. The van der Waals surface area contributed by atoms with Crippen molar-refractivity contribution >= 4 is 24.8 Å². The molecular formula is C15H28Cl2N2O2. The first-order chi connectivity index (χ1) is 9.24. The van der Waals surface area contributed by atoms with E-state index in [4.69, 9.17) is 9.47 Å². The van der Waals surface area contributed by atoms with Gasteiger partial charge in [0.1, 0.15) is 0 Å². The lowest BCUT2D eigenvalue weighted by atomic mass is 10.2. The summed E-state index contributed by atoms with van der Waals surface area (Å²) in [6.45, 7) is 9.52. The number of nitrogens with one attached hydrogen (secondary N) is 1. The standard InChI is InChI=1S/C15H26N2O2.2ClH/c1-5-17(6-2)10-9-16-12-13-7-8-14(18-3)15(11-13)19-4;;/h7-8,11,16H,5-6,9-10,12H2,1-4H3;2*1H. The number of rotatable bonds is 9. The van der Waals surface area contributed by atoms with Crippen molar-refractivity contribution < 1.29 is 9.47 Å². The Morgan fingerprint density at radius 1 is 1.00 bits per heavy atom. The number of halogens is 2. The van der Waals surface area contributed by atoms with Crippen LogP contribution in [-0.4, -0.2) is 45.3 Å². The summed E-state index contributed by atoms with van der Waals surface area (Å²) in [5, 5.41) is 3.45. The Morgan fingerprint density at radius 3 is 2.14 bits per heavy atom. The zero-order valence-electron chi connectivity index (χ0n) is 13.3. The van der Waals surface area contributed by atoms with Crippen LogP contribution in [0.4, 0.5) is 0 Å². The van der Waals surface area contributed by atoms with Gasteiger partial charge in [0.2, 0.25) is 0 Å². The summed E-state index contributed by atoms with van der Waals surface area (Å²) in [7, 11) is 3.31. The highest BCUT2D eigenvalue weighted by Gasteiger charge is 2.04. The van der Waals surface area contributed by atoms with Crippen molar-refractivity contribution in [3.05, 3.63) is 23.8 Å². The van der Waals surface area contributed by atoms with Crippen LogP contribution >= 0.6 is 24.8 Å². The lowest BCUT2D eigenvalue weighted by Gasteiger charge is -2.18. The second kappa shape index (κ2) is 13.0. The first kappa shape index (κ1) is 22.6. The Kier molecular flexibility index (Phi) is 14.0. The first-order valence-electron chi connectivity index (χ1n) is 6.89. The van der Waals surface area contributed by atoms with Crippen molar-refractivity contribution in [1.29, 1.82) is 0 Å². The molecule has 0 atom stereocenters. The molecule has 0 aliphatic heterocycles. The Balaban J connectivity index is 0. The summed E-state index contributed by atoms with van der Waals surface area (Å²) in [4.78, 5) is 2.40. The van der Waals surface area contributed by atoms with Crippen molar-refractivity contribution in [2.24, 2.45) is 0 Å². The Hall–Kier alpha value is -0.680. The van der Waals surface area contributed by atoms with Crippen LogP contribution in [0.5, 0.6) is 11.5 Å². The van der Waals surface area contributed by atoms with Crippen LogP contribution in [0, 0.1) is 0 Å². The lowest BCUT2D eigenvalue weighted by molar-refractivity contribution is 0.302. The van der Waals surface area contributed by atoms with Crippen molar-refractivity contribution in [2.75, 3.05) is 40.4 Å². The fourth-order valence-electron chi connectivity index (χ4n) is 2.00. The van der Waals surface area contributed by atoms with Crippen LogP contribution in [-0.2, 0) is 6.54 Å². The summed E-state index contributed by atoms with van der Waals surface area (Å²) in [6.07, 6.45) is 0. The van der Waals surface area contributed by atoms with E-state index < -0.39 is 0 Å². The van der Waals surface area contributed by atoms with Gasteiger partial charge in [-0.05, 0) is 30.8 Å². The van der Waals surface area contributed by atoms with Gasteiger partial charge in [0.05, 0.1) is 14.2 Å². The average Bonchev–Trinajstić information content (AvgIpc) is 2.47. The fourth-order valence-corrected chi connectivity index (χ4v) is 2.00. The molecule has 6 heteroatoms. The van der Waals surface area contributed by atoms with Crippen molar-refractivity contribution in [2.45, 2.75) is 20.4 Å². The predicted molar refractivity (Wildman–Crippen MR) is 93.5 cm³/mol. The molecule has 0 bridgehead atoms. The van der Waals surface area contributed by atoms with Gasteiger partial charge in [0.15, 0.2) is 11.5 Å². The van der Waals surface area contributed by atoms with Gasteiger partial charge >= 0.3 is 0 Å². The molecule has 1 N–H and O–H groups in total. The van der Waals surface area contributed by atoms with Gasteiger partial charge < -0.3 is 19.7 Å². The molecule has 124 valence electrons. The van der Waals surface area contributed by atoms with Crippen molar-refractivity contribution in [3.8, 4) is 11.5 Å². The number of hydrogen-bond donors (Lipinski definition) is 1. The molecule has 0 aliphatic carbocycles. The predicted octanol–water partition coefficient (Wildman–Crippen LogP) is 2.98. The molecule has 0 heterocycles. The second-order valence-electron chi connectivity index (χ2n) is 4.39. The summed E-state index contributed by atoms with van der Waals surface area (Å²) in [5.41, 5.74) is 1.21. The van der Waals surface area contributed by atoms with E-state index in [0.29, 0.717) is 0 Å². The molecule has 21 heavy (non-hydrogen) atoms. The maximum Gasteiger partial charge on any atom is 0.161 e. The van der Waals surface area contributed by atoms with Gasteiger partial charge in [-0.3, -0.25) is 0 Å². The van der Waals surface area contributed by atoms with E-state index in [-0.39, 0.29) is 24.8 Å². The Morgan fingerprint density at radius 2 is 1.62 bits per heavy atom. The monoisotopic (exact) mass is 338 g/mol. The molecule has 1 aromatic rings. The molecule has 0 saturated carbocycles. The average molecular weight is 339 g/mol. The van der Waals surface area contributed by atoms with E-state index in [1.54, 1.807) is 14.2 Å². The smallest absolute Gasteiger partial charge is 0.161 e. The van der Waals surface area contributed by atoms with E-state index in [2.05, 4.69) is 30.1 Å². The number of nitrogens with zero attached hydrogens (tertiary/aromatic N) is 1. The van der Waals surface area contributed by atoms with Gasteiger partial charge in [-0.1, -0.05) is 19.9 Å². The van der Waals surface area contributed by atoms with Crippen molar-refractivity contribution in [3.63, 3.8) is 0 Å². The molecule has 0 aliphatic rings. The highest BCUT2D eigenvalue weighted by molar-refractivity contribution is 5.85. The number of hydrogen-bond acceptors (Lipinski definition) is 4. The lowest BCUT2D eigenvalue weighted by Crippen LogP contribution is -2.31. The first-order valence-corrected chi connectivity index (χ1v) is 6.89. The highest BCUT2D eigenvalue weighted by atomic mass is 35.5. The summed E-state index contributed by atoms with van der Waals surface area (Å²) in [6, 6.07) is 6.02. The number of benzene rings is 1. The van der Waals surface area contributed by atoms with E-state index in [1.165, 1.54) is 5.56 Å². The van der Waals surface area contributed by atoms with Crippen LogP contribution in [0.15, 0.2) is 18.2 Å². The van der Waals surface area contributed by atoms with Gasteiger partial charge in [-0.2, -0.15) is 0 Å². The van der Waals surface area contributed by atoms with Crippen LogP contribution < -0.4 is 14.8 Å². The Labute approximate surface area is 141 Å². The minimum absolute atomic E-state index is 0. The highest BCUT2D eigenvalue weighted by Crippen LogP contribution is 2.27.